The number of ketones is 1. The van der Waals surface area contributed by atoms with Gasteiger partial charge in [-0.1, -0.05) is 12.1 Å². The Morgan fingerprint density at radius 3 is 2.64 bits per heavy atom. The number of benzene rings is 1. The molecule has 3 N–H and O–H groups in total. The number of nitrogens with zero attached hydrogens (tertiary/aromatic N) is 1. The lowest BCUT2D eigenvalue weighted by molar-refractivity contribution is -0.111. The molecule has 0 aliphatic carbocycles. The summed E-state index contributed by atoms with van der Waals surface area (Å²) < 4.78 is 0. The normalized spacial score (nSPS) is 15.1. The minimum atomic E-state index is 0.0711. The first kappa shape index (κ1) is 8.74. The summed E-state index contributed by atoms with van der Waals surface area (Å²) in [5.41, 5.74) is 10.6. The molecule has 4 heteroatoms. The number of nitrogens with one attached hydrogen (secondary N) is 1. The van der Waals surface area contributed by atoms with Gasteiger partial charge in [-0.05, 0) is 17.7 Å². The van der Waals surface area contributed by atoms with Gasteiger partial charge in [0.1, 0.15) is 5.71 Å². The van der Waals surface area contributed by atoms with Crippen LogP contribution in [-0.4, -0.2) is 18.0 Å². The predicted octanol–water partition coefficient (Wildman–Crippen LogP) is 0.340. The van der Waals surface area contributed by atoms with Gasteiger partial charge < -0.3 is 11.2 Å². The number of hydrogen-bond acceptors (Lipinski definition) is 4. The lowest BCUT2D eigenvalue weighted by atomic mass is 10.1. The van der Waals surface area contributed by atoms with E-state index in [0.29, 0.717) is 18.7 Å². The Labute approximate surface area is 81.8 Å². The van der Waals surface area contributed by atoms with E-state index in [4.69, 9.17) is 5.73 Å². The molecule has 0 atom stereocenters. The van der Waals surface area contributed by atoms with Crippen molar-refractivity contribution in [1.29, 1.82) is 0 Å². The topological polar surface area (TPSA) is 67.5 Å². The molecule has 1 aromatic rings. The zero-order valence-electron chi connectivity index (χ0n) is 7.66. The Balaban J connectivity index is 2.11. The SMILES string of the molecule is Nc1ccc(CC2=NNCC2=O)cc1. The average Bonchev–Trinajstić information content (AvgIpc) is 2.56. The standard InChI is InChI=1S/C10H11N3O/c11-8-3-1-7(2-4-8)5-9-10(14)6-12-13-9/h1-4,12H,5-6,11H2. The number of Topliss-reactive ketones (excluding diaryl/α,β-unsaturated/α-hetero) is 1. The Morgan fingerprint density at radius 1 is 1.36 bits per heavy atom. The summed E-state index contributed by atoms with van der Waals surface area (Å²) in [4.78, 5) is 11.2. The average molecular weight is 189 g/mol. The van der Waals surface area contributed by atoms with Crippen molar-refractivity contribution in [1.82, 2.24) is 5.43 Å². The number of rotatable bonds is 2. The van der Waals surface area contributed by atoms with Crippen LogP contribution in [0.2, 0.25) is 0 Å². The van der Waals surface area contributed by atoms with E-state index in [1.807, 2.05) is 24.3 Å². The van der Waals surface area contributed by atoms with Crippen LogP contribution in [0.1, 0.15) is 5.56 Å². The second-order valence-electron chi connectivity index (χ2n) is 3.23. The van der Waals surface area contributed by atoms with Crippen LogP contribution in [0.3, 0.4) is 0 Å². The fourth-order valence-electron chi connectivity index (χ4n) is 1.34. The highest BCUT2D eigenvalue weighted by Crippen LogP contribution is 2.07. The number of hydrogen-bond donors (Lipinski definition) is 2. The lowest BCUT2D eigenvalue weighted by Gasteiger charge is -1.99. The second kappa shape index (κ2) is 3.49. The van der Waals surface area contributed by atoms with Gasteiger partial charge in [-0.25, -0.2) is 0 Å². The number of nitrogen functional groups attached to an aromatic ring is 1. The van der Waals surface area contributed by atoms with Gasteiger partial charge in [0.2, 0.25) is 0 Å². The van der Waals surface area contributed by atoms with E-state index in [2.05, 4.69) is 10.5 Å². The first-order chi connectivity index (χ1) is 6.75. The maximum atomic E-state index is 11.2. The van der Waals surface area contributed by atoms with Crippen LogP contribution in [0.4, 0.5) is 5.69 Å². The highest BCUT2D eigenvalue weighted by atomic mass is 16.1. The number of hydrazone groups is 1. The highest BCUT2D eigenvalue weighted by Gasteiger charge is 2.16. The van der Waals surface area contributed by atoms with Crippen molar-refractivity contribution in [3.8, 4) is 0 Å². The molecule has 1 aliphatic heterocycles. The molecule has 14 heavy (non-hydrogen) atoms. The summed E-state index contributed by atoms with van der Waals surface area (Å²) in [5.74, 6) is 0.0711. The fourth-order valence-corrected chi connectivity index (χ4v) is 1.34. The van der Waals surface area contributed by atoms with Crippen LogP contribution in [0.25, 0.3) is 0 Å². The third-order valence-electron chi connectivity index (χ3n) is 2.13. The van der Waals surface area contributed by atoms with Crippen LogP contribution in [0.15, 0.2) is 29.4 Å². The van der Waals surface area contributed by atoms with Crippen molar-refractivity contribution in [3.05, 3.63) is 29.8 Å². The zero-order valence-corrected chi connectivity index (χ0v) is 7.66. The highest BCUT2D eigenvalue weighted by molar-refractivity contribution is 6.42. The molecular weight excluding hydrogens is 178 g/mol. The molecule has 2 rings (SSSR count). The number of nitrogens with two attached hydrogens (primary N) is 1. The molecule has 0 unspecified atom stereocenters. The fraction of sp³-hybridized carbons (Fsp3) is 0.200. The van der Waals surface area contributed by atoms with Crippen molar-refractivity contribution < 1.29 is 4.79 Å². The molecule has 0 radical (unpaired) electrons. The summed E-state index contributed by atoms with van der Waals surface area (Å²) >= 11 is 0. The molecule has 1 aromatic carbocycles. The van der Waals surface area contributed by atoms with Gasteiger partial charge in [0.25, 0.3) is 0 Å². The summed E-state index contributed by atoms with van der Waals surface area (Å²) in [7, 11) is 0. The Hall–Kier alpha value is -1.84. The maximum Gasteiger partial charge on any atom is 0.199 e. The molecule has 0 aromatic heterocycles. The zero-order chi connectivity index (χ0) is 9.97. The smallest absolute Gasteiger partial charge is 0.199 e. The molecule has 1 aliphatic rings. The van der Waals surface area contributed by atoms with Crippen LogP contribution in [-0.2, 0) is 11.2 Å². The van der Waals surface area contributed by atoms with E-state index in [9.17, 15) is 4.79 Å². The first-order valence-corrected chi connectivity index (χ1v) is 4.43. The summed E-state index contributed by atoms with van der Waals surface area (Å²) in [6, 6.07) is 7.46. The van der Waals surface area contributed by atoms with Gasteiger partial charge in [-0.3, -0.25) is 4.79 Å². The molecule has 72 valence electrons. The van der Waals surface area contributed by atoms with Crippen molar-refractivity contribution >= 4 is 17.2 Å². The van der Waals surface area contributed by atoms with E-state index < -0.39 is 0 Å². The maximum absolute atomic E-state index is 11.2. The molecule has 4 nitrogen and oxygen atoms in total. The molecule has 1 heterocycles. The van der Waals surface area contributed by atoms with Crippen molar-refractivity contribution in [2.75, 3.05) is 12.3 Å². The number of carbonyl (C=O) groups is 1. The molecule has 0 fully saturated rings. The minimum absolute atomic E-state index is 0.0711. The number of carbonyl (C=O) groups excluding carboxylic acids is 1. The van der Waals surface area contributed by atoms with Crippen LogP contribution in [0.5, 0.6) is 0 Å². The number of anilines is 1. The largest absolute Gasteiger partial charge is 0.399 e. The van der Waals surface area contributed by atoms with Gasteiger partial charge in [0, 0.05) is 12.1 Å². The summed E-state index contributed by atoms with van der Waals surface area (Å²) in [6.45, 7) is 0.324. The Kier molecular flexibility index (Phi) is 2.18. The van der Waals surface area contributed by atoms with E-state index in [1.165, 1.54) is 0 Å². The van der Waals surface area contributed by atoms with Crippen LogP contribution in [0, 0.1) is 0 Å². The Bertz CT molecular complexity index is 381. The van der Waals surface area contributed by atoms with E-state index in [0.717, 1.165) is 11.3 Å². The van der Waals surface area contributed by atoms with Crippen LogP contribution >= 0.6 is 0 Å². The lowest BCUT2D eigenvalue weighted by Crippen LogP contribution is -2.16. The Morgan fingerprint density at radius 2 is 2.07 bits per heavy atom. The van der Waals surface area contributed by atoms with Gasteiger partial charge in [-0.15, -0.1) is 0 Å². The molecule has 0 amide bonds. The van der Waals surface area contributed by atoms with Gasteiger partial charge in [0.15, 0.2) is 5.78 Å². The van der Waals surface area contributed by atoms with Gasteiger partial charge in [0.05, 0.1) is 6.54 Å². The van der Waals surface area contributed by atoms with Crippen molar-refractivity contribution in [2.45, 2.75) is 6.42 Å². The van der Waals surface area contributed by atoms with E-state index in [1.54, 1.807) is 0 Å². The molecule has 0 saturated carbocycles. The quantitative estimate of drug-likeness (QED) is 0.659. The predicted molar refractivity (Wildman–Crippen MR) is 55.0 cm³/mol. The monoisotopic (exact) mass is 189 g/mol. The molecule has 0 spiro atoms. The van der Waals surface area contributed by atoms with Crippen molar-refractivity contribution in [3.63, 3.8) is 0 Å². The second-order valence-corrected chi connectivity index (χ2v) is 3.23. The first-order valence-electron chi connectivity index (χ1n) is 4.43. The summed E-state index contributed by atoms with van der Waals surface area (Å²) in [5, 5.41) is 3.92. The molecule has 0 bridgehead atoms. The van der Waals surface area contributed by atoms with Gasteiger partial charge >= 0.3 is 0 Å². The van der Waals surface area contributed by atoms with Crippen LogP contribution < -0.4 is 11.2 Å². The third kappa shape index (κ3) is 1.74. The minimum Gasteiger partial charge on any atom is -0.399 e. The molecule has 0 saturated heterocycles. The van der Waals surface area contributed by atoms with Gasteiger partial charge in [-0.2, -0.15) is 5.10 Å². The van der Waals surface area contributed by atoms with Crippen molar-refractivity contribution in [2.24, 2.45) is 5.10 Å². The molecular formula is C10H11N3O. The van der Waals surface area contributed by atoms with E-state index in [-0.39, 0.29) is 5.78 Å². The van der Waals surface area contributed by atoms with E-state index >= 15 is 0 Å². The third-order valence-corrected chi connectivity index (χ3v) is 2.13. The summed E-state index contributed by atoms with van der Waals surface area (Å²) in [6.07, 6.45) is 0.576.